The summed E-state index contributed by atoms with van der Waals surface area (Å²) >= 11 is 6.00. The molecular weight excluding hydrogens is 252 g/mol. The van der Waals surface area contributed by atoms with Gasteiger partial charge in [-0.05, 0) is 25.0 Å². The van der Waals surface area contributed by atoms with Crippen molar-refractivity contribution in [1.82, 2.24) is 5.32 Å². The standard InChI is InChI=1S/C13H17ClN2O2/c1-15-13(18)11-3-2-6-16(11)12-7-10(14)5-4-9(12)8-17/h4-5,7,11,17H,2-3,6,8H2,1H3,(H,15,18). The Morgan fingerprint density at radius 3 is 3.06 bits per heavy atom. The van der Waals surface area contributed by atoms with E-state index in [0.29, 0.717) is 5.02 Å². The first-order valence-electron chi connectivity index (χ1n) is 6.05. The molecule has 4 nitrogen and oxygen atoms in total. The number of nitrogens with zero attached hydrogens (tertiary/aromatic N) is 1. The number of halogens is 1. The van der Waals surface area contributed by atoms with Crippen LogP contribution in [0.15, 0.2) is 18.2 Å². The van der Waals surface area contributed by atoms with Gasteiger partial charge in [0.2, 0.25) is 5.91 Å². The van der Waals surface area contributed by atoms with Crippen molar-refractivity contribution >= 4 is 23.2 Å². The maximum Gasteiger partial charge on any atom is 0.242 e. The number of nitrogens with one attached hydrogen (secondary N) is 1. The van der Waals surface area contributed by atoms with Crippen molar-refractivity contribution < 1.29 is 9.90 Å². The van der Waals surface area contributed by atoms with E-state index in [1.165, 1.54) is 0 Å². The highest BCUT2D eigenvalue weighted by molar-refractivity contribution is 6.30. The van der Waals surface area contributed by atoms with Crippen LogP contribution in [0.3, 0.4) is 0 Å². The van der Waals surface area contributed by atoms with Crippen molar-refractivity contribution in [3.63, 3.8) is 0 Å². The minimum Gasteiger partial charge on any atom is -0.392 e. The molecule has 1 heterocycles. The number of aliphatic hydroxyl groups excluding tert-OH is 1. The first-order chi connectivity index (χ1) is 8.67. The van der Waals surface area contributed by atoms with E-state index in [9.17, 15) is 9.90 Å². The van der Waals surface area contributed by atoms with Crippen molar-refractivity contribution in [2.45, 2.75) is 25.5 Å². The Bertz CT molecular complexity index is 451. The van der Waals surface area contributed by atoms with Gasteiger partial charge in [-0.15, -0.1) is 0 Å². The molecule has 1 aromatic carbocycles. The lowest BCUT2D eigenvalue weighted by molar-refractivity contribution is -0.121. The van der Waals surface area contributed by atoms with Gasteiger partial charge < -0.3 is 15.3 Å². The lowest BCUT2D eigenvalue weighted by Crippen LogP contribution is -2.42. The number of benzene rings is 1. The smallest absolute Gasteiger partial charge is 0.242 e. The number of aliphatic hydroxyl groups is 1. The van der Waals surface area contributed by atoms with Gasteiger partial charge in [0, 0.05) is 29.9 Å². The van der Waals surface area contributed by atoms with Crippen LogP contribution in [0, 0.1) is 0 Å². The normalized spacial score (nSPS) is 19.1. The van der Waals surface area contributed by atoms with Crippen LogP contribution >= 0.6 is 11.6 Å². The van der Waals surface area contributed by atoms with Gasteiger partial charge in [0.25, 0.3) is 0 Å². The second kappa shape index (κ2) is 5.59. The zero-order valence-electron chi connectivity index (χ0n) is 10.3. The predicted octanol–water partition coefficient (Wildman–Crippen LogP) is 1.55. The minimum absolute atomic E-state index is 0.0105. The third-order valence-electron chi connectivity index (χ3n) is 3.33. The molecule has 2 N–H and O–H groups in total. The van der Waals surface area contributed by atoms with Crippen LogP contribution in [0.2, 0.25) is 5.02 Å². The van der Waals surface area contributed by atoms with E-state index in [0.717, 1.165) is 30.6 Å². The highest BCUT2D eigenvalue weighted by Crippen LogP contribution is 2.31. The second-order valence-corrected chi connectivity index (χ2v) is 4.83. The summed E-state index contributed by atoms with van der Waals surface area (Å²) in [5, 5.41) is 12.7. The topological polar surface area (TPSA) is 52.6 Å². The molecule has 1 aromatic rings. The van der Waals surface area contributed by atoms with Crippen LogP contribution < -0.4 is 10.2 Å². The summed E-state index contributed by atoms with van der Waals surface area (Å²) in [6.45, 7) is 0.759. The third-order valence-corrected chi connectivity index (χ3v) is 3.56. The molecule has 1 saturated heterocycles. The van der Waals surface area contributed by atoms with Gasteiger partial charge in [0.05, 0.1) is 6.61 Å². The van der Waals surface area contributed by atoms with E-state index in [1.807, 2.05) is 11.0 Å². The first-order valence-corrected chi connectivity index (χ1v) is 6.42. The first kappa shape index (κ1) is 13.2. The monoisotopic (exact) mass is 268 g/mol. The fourth-order valence-electron chi connectivity index (χ4n) is 2.43. The summed E-state index contributed by atoms with van der Waals surface area (Å²) in [5.41, 5.74) is 1.66. The fourth-order valence-corrected chi connectivity index (χ4v) is 2.60. The maximum absolute atomic E-state index is 11.8. The molecule has 98 valence electrons. The molecule has 18 heavy (non-hydrogen) atoms. The van der Waals surface area contributed by atoms with Gasteiger partial charge in [-0.25, -0.2) is 0 Å². The van der Waals surface area contributed by atoms with Crippen LogP contribution in [0.4, 0.5) is 5.69 Å². The number of likely N-dealkylation sites (N-methyl/N-ethyl adjacent to an activating group) is 1. The average molecular weight is 269 g/mol. The largest absolute Gasteiger partial charge is 0.392 e. The number of carbonyl (C=O) groups is 1. The van der Waals surface area contributed by atoms with Crippen molar-refractivity contribution in [1.29, 1.82) is 0 Å². The Morgan fingerprint density at radius 1 is 1.61 bits per heavy atom. The molecular formula is C13H17ClN2O2. The number of hydrogen-bond donors (Lipinski definition) is 2. The number of carbonyl (C=O) groups excluding carboxylic acids is 1. The summed E-state index contributed by atoms with van der Waals surface area (Å²) in [6, 6.07) is 5.20. The predicted molar refractivity (Wildman–Crippen MR) is 71.8 cm³/mol. The molecule has 1 atom stereocenters. The quantitative estimate of drug-likeness (QED) is 0.875. The molecule has 1 aliphatic rings. The van der Waals surface area contributed by atoms with Crippen molar-refractivity contribution in [2.75, 3.05) is 18.5 Å². The zero-order chi connectivity index (χ0) is 13.1. The van der Waals surface area contributed by atoms with E-state index in [2.05, 4.69) is 5.32 Å². The second-order valence-electron chi connectivity index (χ2n) is 4.40. The highest BCUT2D eigenvalue weighted by atomic mass is 35.5. The fraction of sp³-hybridized carbons (Fsp3) is 0.462. The van der Waals surface area contributed by atoms with Gasteiger partial charge in [-0.3, -0.25) is 4.79 Å². The molecule has 0 aliphatic carbocycles. The van der Waals surface area contributed by atoms with Crippen molar-refractivity contribution in [3.05, 3.63) is 28.8 Å². The lowest BCUT2D eigenvalue weighted by Gasteiger charge is -2.27. The van der Waals surface area contributed by atoms with Gasteiger partial charge in [-0.1, -0.05) is 17.7 Å². The summed E-state index contributed by atoms with van der Waals surface area (Å²) in [4.78, 5) is 13.9. The molecule has 1 amide bonds. The Kier molecular flexibility index (Phi) is 4.09. The van der Waals surface area contributed by atoms with E-state index in [-0.39, 0.29) is 18.6 Å². The maximum atomic E-state index is 11.8. The molecule has 0 radical (unpaired) electrons. The molecule has 1 unspecified atom stereocenters. The SMILES string of the molecule is CNC(=O)C1CCCN1c1cc(Cl)ccc1CO. The van der Waals surface area contributed by atoms with Crippen molar-refractivity contribution in [2.24, 2.45) is 0 Å². The van der Waals surface area contributed by atoms with E-state index in [1.54, 1.807) is 19.2 Å². The Balaban J connectivity index is 2.35. The Morgan fingerprint density at radius 2 is 2.39 bits per heavy atom. The summed E-state index contributed by atoms with van der Waals surface area (Å²) in [7, 11) is 1.64. The van der Waals surface area contributed by atoms with E-state index >= 15 is 0 Å². The summed E-state index contributed by atoms with van der Waals surface area (Å²) < 4.78 is 0. The van der Waals surface area contributed by atoms with Gasteiger partial charge in [0.1, 0.15) is 6.04 Å². The Labute approximate surface area is 112 Å². The number of amides is 1. The summed E-state index contributed by atoms with van der Waals surface area (Å²) in [5.74, 6) is 0.0105. The number of hydrogen-bond acceptors (Lipinski definition) is 3. The zero-order valence-corrected chi connectivity index (χ0v) is 11.1. The molecule has 5 heteroatoms. The molecule has 2 rings (SSSR count). The van der Waals surface area contributed by atoms with Crippen LogP contribution in [-0.2, 0) is 11.4 Å². The summed E-state index contributed by atoms with van der Waals surface area (Å²) in [6.07, 6.45) is 1.80. The molecule has 0 aromatic heterocycles. The Hall–Kier alpha value is -1.26. The van der Waals surface area contributed by atoms with Crippen LogP contribution in [0.1, 0.15) is 18.4 Å². The van der Waals surface area contributed by atoms with E-state index in [4.69, 9.17) is 11.6 Å². The highest BCUT2D eigenvalue weighted by Gasteiger charge is 2.31. The molecule has 1 fully saturated rings. The lowest BCUT2D eigenvalue weighted by atomic mass is 10.1. The van der Waals surface area contributed by atoms with Crippen LogP contribution in [0.25, 0.3) is 0 Å². The van der Waals surface area contributed by atoms with Gasteiger partial charge in [0.15, 0.2) is 0 Å². The van der Waals surface area contributed by atoms with Gasteiger partial charge in [-0.2, -0.15) is 0 Å². The van der Waals surface area contributed by atoms with E-state index < -0.39 is 0 Å². The minimum atomic E-state index is -0.168. The van der Waals surface area contributed by atoms with Crippen molar-refractivity contribution in [3.8, 4) is 0 Å². The molecule has 1 aliphatic heterocycles. The number of rotatable bonds is 3. The van der Waals surface area contributed by atoms with Crippen LogP contribution in [0.5, 0.6) is 0 Å². The van der Waals surface area contributed by atoms with Crippen LogP contribution in [-0.4, -0.2) is 30.6 Å². The molecule has 0 saturated carbocycles. The average Bonchev–Trinajstić information content (AvgIpc) is 2.86. The number of anilines is 1. The molecule has 0 bridgehead atoms. The third kappa shape index (κ3) is 2.44. The molecule has 0 spiro atoms. The van der Waals surface area contributed by atoms with Gasteiger partial charge >= 0.3 is 0 Å².